The van der Waals surface area contributed by atoms with Gasteiger partial charge in [-0.15, -0.1) is 0 Å². The molecule has 0 aliphatic heterocycles. The zero-order valence-electron chi connectivity index (χ0n) is 13.8. The van der Waals surface area contributed by atoms with Crippen LogP contribution in [0.3, 0.4) is 0 Å². The standard InChI is InChI=1S/C15H24F2O7S/c16-15(17,25(20,21)22)13(19)23-6-7-24-14(4-5-18)9-11-2-1-3-12(8-11)10-14/h11-12,18H,1-10H2,(H,20,21,22). The summed E-state index contributed by atoms with van der Waals surface area (Å²) in [5, 5.41) is 4.33. The highest BCUT2D eigenvalue weighted by Crippen LogP contribution is 2.47. The number of rotatable bonds is 8. The van der Waals surface area contributed by atoms with E-state index in [9.17, 15) is 27.1 Å². The molecule has 0 aromatic heterocycles. The van der Waals surface area contributed by atoms with Gasteiger partial charge in [0.15, 0.2) is 0 Å². The molecule has 0 radical (unpaired) electrons. The molecule has 0 heterocycles. The van der Waals surface area contributed by atoms with Crippen LogP contribution in [0, 0.1) is 11.8 Å². The molecule has 2 bridgehead atoms. The number of fused-ring (bicyclic) bond motifs is 2. The third-order valence-electron chi connectivity index (χ3n) is 5.07. The van der Waals surface area contributed by atoms with Crippen LogP contribution in [-0.4, -0.2) is 54.7 Å². The lowest BCUT2D eigenvalue weighted by Gasteiger charge is -2.47. The number of esters is 1. The van der Waals surface area contributed by atoms with E-state index in [4.69, 9.17) is 9.29 Å². The summed E-state index contributed by atoms with van der Waals surface area (Å²) in [5.41, 5.74) is -0.569. The normalized spacial score (nSPS) is 30.1. The molecule has 2 aliphatic rings. The van der Waals surface area contributed by atoms with Crippen molar-refractivity contribution in [1.82, 2.24) is 0 Å². The second-order valence-corrected chi connectivity index (χ2v) is 8.40. The van der Waals surface area contributed by atoms with Crippen molar-refractivity contribution in [2.75, 3.05) is 19.8 Å². The zero-order chi connectivity index (χ0) is 18.7. The molecule has 0 amide bonds. The van der Waals surface area contributed by atoms with Crippen molar-refractivity contribution in [2.24, 2.45) is 11.8 Å². The van der Waals surface area contributed by atoms with Gasteiger partial charge in [0.2, 0.25) is 0 Å². The maximum atomic E-state index is 13.1. The fourth-order valence-corrected chi connectivity index (χ4v) is 4.36. The van der Waals surface area contributed by atoms with Crippen molar-refractivity contribution in [3.05, 3.63) is 0 Å². The van der Waals surface area contributed by atoms with Crippen LogP contribution >= 0.6 is 0 Å². The van der Waals surface area contributed by atoms with E-state index < -0.39 is 33.5 Å². The Labute approximate surface area is 145 Å². The van der Waals surface area contributed by atoms with E-state index >= 15 is 0 Å². The average Bonchev–Trinajstić information content (AvgIpc) is 2.50. The number of hydrogen-bond donors (Lipinski definition) is 2. The van der Waals surface area contributed by atoms with E-state index in [1.54, 1.807) is 0 Å². The molecule has 7 nitrogen and oxygen atoms in total. The molecular formula is C15H24F2O7S. The Kier molecular flexibility index (Phi) is 6.40. The van der Waals surface area contributed by atoms with E-state index in [0.29, 0.717) is 18.3 Å². The minimum atomic E-state index is -5.87. The summed E-state index contributed by atoms with van der Waals surface area (Å²) in [6, 6.07) is 0. The fourth-order valence-electron chi connectivity index (χ4n) is 4.09. The topological polar surface area (TPSA) is 110 Å². The maximum Gasteiger partial charge on any atom is 0.465 e. The molecule has 2 unspecified atom stereocenters. The molecule has 2 saturated carbocycles. The molecule has 2 rings (SSSR count). The molecule has 0 spiro atoms. The van der Waals surface area contributed by atoms with Gasteiger partial charge < -0.3 is 14.6 Å². The van der Waals surface area contributed by atoms with Crippen molar-refractivity contribution >= 4 is 16.1 Å². The molecule has 0 aromatic carbocycles. The molecule has 2 atom stereocenters. The Hall–Kier alpha value is -0.840. The quantitative estimate of drug-likeness (QED) is 0.371. The SMILES string of the molecule is O=C(OCCOC1(CCO)CC2CCCC(C2)C1)C(F)(F)S(=O)(=O)O. The van der Waals surface area contributed by atoms with Crippen molar-refractivity contribution in [1.29, 1.82) is 0 Å². The summed E-state index contributed by atoms with van der Waals surface area (Å²) >= 11 is 0. The van der Waals surface area contributed by atoms with Crippen molar-refractivity contribution in [2.45, 2.75) is 55.8 Å². The van der Waals surface area contributed by atoms with E-state index in [1.165, 1.54) is 6.42 Å². The smallest absolute Gasteiger partial charge is 0.458 e. The number of alkyl halides is 2. The zero-order valence-corrected chi connectivity index (χ0v) is 14.6. The van der Waals surface area contributed by atoms with Crippen LogP contribution in [0.4, 0.5) is 8.78 Å². The van der Waals surface area contributed by atoms with Gasteiger partial charge in [-0.1, -0.05) is 19.3 Å². The van der Waals surface area contributed by atoms with Crippen LogP contribution in [0.25, 0.3) is 0 Å². The van der Waals surface area contributed by atoms with Gasteiger partial charge in [0.25, 0.3) is 0 Å². The maximum absolute atomic E-state index is 13.1. The highest BCUT2D eigenvalue weighted by atomic mass is 32.2. The van der Waals surface area contributed by atoms with Crippen LogP contribution < -0.4 is 0 Å². The van der Waals surface area contributed by atoms with Crippen molar-refractivity contribution in [3.8, 4) is 0 Å². The largest absolute Gasteiger partial charge is 0.465 e. The van der Waals surface area contributed by atoms with E-state index in [-0.39, 0.29) is 13.2 Å². The van der Waals surface area contributed by atoms with Crippen LogP contribution in [0.15, 0.2) is 0 Å². The van der Waals surface area contributed by atoms with Crippen LogP contribution in [0.1, 0.15) is 44.9 Å². The van der Waals surface area contributed by atoms with E-state index in [2.05, 4.69) is 4.74 Å². The minimum absolute atomic E-state index is 0.0694. The van der Waals surface area contributed by atoms with Crippen LogP contribution in [-0.2, 0) is 24.4 Å². The Balaban J connectivity index is 1.87. The van der Waals surface area contributed by atoms with Gasteiger partial charge in [-0.3, -0.25) is 4.55 Å². The molecule has 146 valence electrons. The first-order valence-corrected chi connectivity index (χ1v) is 9.80. The van der Waals surface area contributed by atoms with Gasteiger partial charge >= 0.3 is 21.3 Å². The number of aliphatic hydroxyl groups excluding tert-OH is 1. The molecular weight excluding hydrogens is 362 g/mol. The summed E-state index contributed by atoms with van der Waals surface area (Å²) in [6.07, 6.45) is 6.44. The third-order valence-corrected chi connectivity index (χ3v) is 5.88. The van der Waals surface area contributed by atoms with Gasteiger partial charge in [-0.25, -0.2) is 4.79 Å². The predicted octanol–water partition coefficient (Wildman–Crippen LogP) is 1.75. The van der Waals surface area contributed by atoms with Gasteiger partial charge in [-0.2, -0.15) is 17.2 Å². The number of aliphatic hydroxyl groups is 1. The van der Waals surface area contributed by atoms with Crippen LogP contribution in [0.5, 0.6) is 0 Å². The molecule has 0 saturated heterocycles. The summed E-state index contributed by atoms with van der Waals surface area (Å²) < 4.78 is 65.4. The lowest BCUT2D eigenvalue weighted by atomic mass is 9.65. The van der Waals surface area contributed by atoms with E-state index in [1.807, 2.05) is 0 Å². The van der Waals surface area contributed by atoms with Crippen LogP contribution in [0.2, 0.25) is 0 Å². The van der Waals surface area contributed by atoms with Crippen molar-refractivity contribution in [3.63, 3.8) is 0 Å². The Morgan fingerprint density at radius 1 is 1.20 bits per heavy atom. The minimum Gasteiger partial charge on any atom is -0.458 e. The highest BCUT2D eigenvalue weighted by Gasteiger charge is 2.54. The van der Waals surface area contributed by atoms with Gasteiger partial charge in [0, 0.05) is 6.61 Å². The highest BCUT2D eigenvalue weighted by molar-refractivity contribution is 7.87. The van der Waals surface area contributed by atoms with Gasteiger partial charge in [-0.05, 0) is 37.5 Å². The first-order valence-electron chi connectivity index (χ1n) is 8.36. The lowest BCUT2D eigenvalue weighted by Crippen LogP contribution is -2.45. The van der Waals surface area contributed by atoms with Gasteiger partial charge in [0.1, 0.15) is 6.61 Å². The second-order valence-electron chi connectivity index (χ2n) is 6.94. The summed E-state index contributed by atoms with van der Waals surface area (Å²) in [6.45, 7) is -0.820. The molecule has 2 aliphatic carbocycles. The molecule has 10 heteroatoms. The number of hydrogen-bond acceptors (Lipinski definition) is 6. The Morgan fingerprint density at radius 2 is 1.80 bits per heavy atom. The first kappa shape index (κ1) is 20.5. The Morgan fingerprint density at radius 3 is 2.32 bits per heavy atom. The summed E-state index contributed by atoms with van der Waals surface area (Å²) in [4.78, 5) is 11.1. The number of carbonyl (C=O) groups is 1. The number of carbonyl (C=O) groups excluding carboxylic acids is 1. The molecule has 2 fully saturated rings. The van der Waals surface area contributed by atoms with Gasteiger partial charge in [0.05, 0.1) is 12.2 Å². The molecule has 25 heavy (non-hydrogen) atoms. The summed E-state index contributed by atoms with van der Waals surface area (Å²) in [7, 11) is -5.87. The lowest BCUT2D eigenvalue weighted by molar-refractivity contribution is -0.168. The fraction of sp³-hybridized carbons (Fsp3) is 0.933. The summed E-state index contributed by atoms with van der Waals surface area (Å²) in [5.74, 6) is -1.33. The number of ether oxygens (including phenoxy) is 2. The molecule has 0 aromatic rings. The third kappa shape index (κ3) is 4.87. The Bertz CT molecular complexity index is 566. The van der Waals surface area contributed by atoms with Crippen molar-refractivity contribution < 1.29 is 41.1 Å². The second kappa shape index (κ2) is 7.81. The average molecular weight is 386 g/mol. The predicted molar refractivity (Wildman–Crippen MR) is 82.5 cm³/mol. The first-order chi connectivity index (χ1) is 11.6. The molecule has 2 N–H and O–H groups in total. The number of halogens is 2. The van der Waals surface area contributed by atoms with E-state index in [0.717, 1.165) is 32.1 Å². The monoisotopic (exact) mass is 386 g/mol.